The summed E-state index contributed by atoms with van der Waals surface area (Å²) in [5, 5.41) is 15.3. The van der Waals surface area contributed by atoms with Crippen LogP contribution in [-0.2, 0) is 0 Å². The summed E-state index contributed by atoms with van der Waals surface area (Å²) in [4.78, 5) is 22.4. The van der Waals surface area contributed by atoms with E-state index >= 15 is 0 Å². The molecule has 7 nitrogen and oxygen atoms in total. The lowest BCUT2D eigenvalue weighted by Crippen LogP contribution is -2.17. The summed E-state index contributed by atoms with van der Waals surface area (Å²) in [5.74, 6) is 0.411. The van der Waals surface area contributed by atoms with Gasteiger partial charge in [0.2, 0.25) is 0 Å². The molecule has 0 unspecified atom stereocenters. The third-order valence-corrected chi connectivity index (χ3v) is 4.99. The highest BCUT2D eigenvalue weighted by atomic mass is 79.9. The quantitative estimate of drug-likeness (QED) is 0.287. The molecule has 1 aromatic heterocycles. The summed E-state index contributed by atoms with van der Waals surface area (Å²) in [5.41, 5.74) is 3.28. The van der Waals surface area contributed by atoms with Gasteiger partial charge in [0.1, 0.15) is 11.5 Å². The molecule has 28 heavy (non-hydrogen) atoms. The van der Waals surface area contributed by atoms with Crippen LogP contribution in [-0.4, -0.2) is 17.0 Å². The Labute approximate surface area is 177 Å². The summed E-state index contributed by atoms with van der Waals surface area (Å²) < 4.78 is 6.16. The number of furan rings is 1. The lowest BCUT2D eigenvalue weighted by atomic mass is 10.1. The van der Waals surface area contributed by atoms with Gasteiger partial charge in [-0.1, -0.05) is 23.2 Å². The Balaban J connectivity index is 1.70. The van der Waals surface area contributed by atoms with Gasteiger partial charge in [0.15, 0.2) is 0 Å². The molecule has 2 aromatic carbocycles. The van der Waals surface area contributed by atoms with Crippen molar-refractivity contribution in [1.29, 1.82) is 0 Å². The van der Waals surface area contributed by atoms with Crippen molar-refractivity contribution in [1.82, 2.24) is 5.43 Å². The predicted molar refractivity (Wildman–Crippen MR) is 110 cm³/mol. The number of hydrazone groups is 1. The van der Waals surface area contributed by atoms with E-state index < -0.39 is 10.8 Å². The van der Waals surface area contributed by atoms with Crippen LogP contribution in [0, 0.1) is 10.1 Å². The molecule has 142 valence electrons. The average molecular weight is 483 g/mol. The van der Waals surface area contributed by atoms with E-state index in [9.17, 15) is 14.9 Å². The first kappa shape index (κ1) is 20.1. The summed E-state index contributed by atoms with van der Waals surface area (Å²) in [6.45, 7) is 0. The SMILES string of the molecule is O=C(N/N=C\c1ccc(-c2ccc([N+](=O)[O-])cc2Br)o1)c1ccc(Cl)c(Cl)c1. The number of carbonyl (C=O) groups is 1. The molecular weight excluding hydrogens is 473 g/mol. The molecule has 0 saturated heterocycles. The minimum Gasteiger partial charge on any atom is -0.455 e. The molecule has 0 bridgehead atoms. The third-order valence-electron chi connectivity index (χ3n) is 3.60. The van der Waals surface area contributed by atoms with E-state index in [0.717, 1.165) is 0 Å². The molecule has 0 saturated carbocycles. The second kappa shape index (κ2) is 8.55. The Morgan fingerprint density at radius 2 is 1.93 bits per heavy atom. The van der Waals surface area contributed by atoms with Gasteiger partial charge in [0.25, 0.3) is 11.6 Å². The van der Waals surface area contributed by atoms with Crippen LogP contribution in [0.3, 0.4) is 0 Å². The minimum atomic E-state index is -0.481. The van der Waals surface area contributed by atoms with Crippen molar-refractivity contribution in [3.63, 3.8) is 0 Å². The van der Waals surface area contributed by atoms with Crippen molar-refractivity contribution < 1.29 is 14.1 Å². The van der Waals surface area contributed by atoms with Crippen molar-refractivity contribution in [2.75, 3.05) is 0 Å². The molecule has 0 atom stereocenters. The number of halogens is 3. The maximum Gasteiger partial charge on any atom is 0.271 e. The van der Waals surface area contributed by atoms with Gasteiger partial charge in [-0.2, -0.15) is 5.10 Å². The van der Waals surface area contributed by atoms with Crippen molar-refractivity contribution in [2.45, 2.75) is 0 Å². The Hall–Kier alpha value is -2.68. The van der Waals surface area contributed by atoms with Crippen LogP contribution in [0.5, 0.6) is 0 Å². The summed E-state index contributed by atoms with van der Waals surface area (Å²) >= 11 is 15.0. The second-order valence-corrected chi connectivity index (χ2v) is 7.12. The summed E-state index contributed by atoms with van der Waals surface area (Å²) in [6.07, 6.45) is 1.33. The number of benzene rings is 2. The number of carbonyl (C=O) groups excluding carboxylic acids is 1. The van der Waals surface area contributed by atoms with Crippen molar-refractivity contribution in [3.05, 3.63) is 84.5 Å². The molecule has 0 spiro atoms. The van der Waals surface area contributed by atoms with E-state index in [0.29, 0.717) is 32.1 Å². The third kappa shape index (κ3) is 4.59. The Morgan fingerprint density at radius 1 is 1.14 bits per heavy atom. The van der Waals surface area contributed by atoms with E-state index in [1.807, 2.05) is 0 Å². The number of amides is 1. The fourth-order valence-electron chi connectivity index (χ4n) is 2.24. The molecule has 0 aliphatic carbocycles. The molecule has 0 fully saturated rings. The van der Waals surface area contributed by atoms with Gasteiger partial charge in [-0.05, 0) is 52.3 Å². The van der Waals surface area contributed by atoms with E-state index in [1.165, 1.54) is 36.5 Å². The molecule has 1 N–H and O–H groups in total. The van der Waals surface area contributed by atoms with Crippen molar-refractivity contribution in [2.24, 2.45) is 5.10 Å². The number of nitrogens with one attached hydrogen (secondary N) is 1. The molecule has 1 amide bonds. The van der Waals surface area contributed by atoms with Crippen molar-refractivity contribution >= 4 is 56.9 Å². The molecule has 1 heterocycles. The highest BCUT2D eigenvalue weighted by molar-refractivity contribution is 9.10. The largest absolute Gasteiger partial charge is 0.455 e. The Bertz CT molecular complexity index is 1100. The monoisotopic (exact) mass is 481 g/mol. The van der Waals surface area contributed by atoms with Crippen LogP contribution in [0.2, 0.25) is 10.0 Å². The average Bonchev–Trinajstić information content (AvgIpc) is 3.12. The molecular formula is C18H10BrCl2N3O4. The zero-order valence-corrected chi connectivity index (χ0v) is 17.0. The number of hydrogen-bond donors (Lipinski definition) is 1. The predicted octanol–water partition coefficient (Wildman–Crippen LogP) is 5.69. The lowest BCUT2D eigenvalue weighted by molar-refractivity contribution is -0.384. The zero-order valence-electron chi connectivity index (χ0n) is 13.9. The second-order valence-electron chi connectivity index (χ2n) is 5.45. The Kier molecular flexibility index (Phi) is 6.13. The van der Waals surface area contributed by atoms with Gasteiger partial charge in [-0.15, -0.1) is 0 Å². The fraction of sp³-hybridized carbons (Fsp3) is 0. The number of non-ortho nitro benzene ring substituents is 1. The van der Waals surface area contributed by atoms with Gasteiger partial charge < -0.3 is 4.42 Å². The van der Waals surface area contributed by atoms with Gasteiger partial charge in [0.05, 0.1) is 21.2 Å². The van der Waals surface area contributed by atoms with E-state index in [4.69, 9.17) is 27.6 Å². The molecule has 0 aliphatic rings. The maximum atomic E-state index is 12.0. The fourth-order valence-corrected chi connectivity index (χ4v) is 3.10. The van der Waals surface area contributed by atoms with E-state index in [2.05, 4.69) is 26.5 Å². The number of nitrogens with zero attached hydrogens (tertiary/aromatic N) is 2. The summed E-state index contributed by atoms with van der Waals surface area (Å²) in [6, 6.07) is 12.2. The zero-order chi connectivity index (χ0) is 20.3. The van der Waals surface area contributed by atoms with Crippen LogP contribution >= 0.6 is 39.1 Å². The van der Waals surface area contributed by atoms with Gasteiger partial charge in [0, 0.05) is 27.7 Å². The van der Waals surface area contributed by atoms with Gasteiger partial charge in [-0.25, -0.2) is 5.43 Å². The smallest absolute Gasteiger partial charge is 0.271 e. The van der Waals surface area contributed by atoms with Crippen LogP contribution < -0.4 is 5.43 Å². The number of rotatable bonds is 5. The highest BCUT2D eigenvalue weighted by Crippen LogP contribution is 2.32. The van der Waals surface area contributed by atoms with Crippen LogP contribution in [0.25, 0.3) is 11.3 Å². The molecule has 0 radical (unpaired) electrons. The maximum absolute atomic E-state index is 12.0. The first-order valence-electron chi connectivity index (χ1n) is 7.68. The van der Waals surface area contributed by atoms with Crippen molar-refractivity contribution in [3.8, 4) is 11.3 Å². The first-order valence-corrected chi connectivity index (χ1v) is 9.22. The Morgan fingerprint density at radius 3 is 2.61 bits per heavy atom. The molecule has 3 rings (SSSR count). The number of nitro groups is 1. The molecule has 10 heteroatoms. The van der Waals surface area contributed by atoms with Gasteiger partial charge >= 0.3 is 0 Å². The number of hydrogen-bond acceptors (Lipinski definition) is 5. The molecule has 0 aliphatic heterocycles. The van der Waals surface area contributed by atoms with E-state index in [1.54, 1.807) is 18.2 Å². The highest BCUT2D eigenvalue weighted by Gasteiger charge is 2.13. The topological polar surface area (TPSA) is 97.7 Å². The lowest BCUT2D eigenvalue weighted by Gasteiger charge is -2.01. The van der Waals surface area contributed by atoms with Crippen LogP contribution in [0.1, 0.15) is 16.1 Å². The standard InChI is InChI=1S/C18H10BrCl2N3O4/c19-14-8-11(24(26)27)2-4-13(14)17-6-3-12(28-17)9-22-23-18(25)10-1-5-15(20)16(21)7-10/h1-9H,(H,23,25)/b22-9-. The normalized spacial score (nSPS) is 11.0. The number of nitro benzene ring substituents is 1. The van der Waals surface area contributed by atoms with Gasteiger partial charge in [-0.3, -0.25) is 14.9 Å². The van der Waals surface area contributed by atoms with E-state index in [-0.39, 0.29) is 10.7 Å². The van der Waals surface area contributed by atoms with Crippen LogP contribution in [0.4, 0.5) is 5.69 Å². The molecule has 3 aromatic rings. The minimum absolute atomic E-state index is 0.0333. The van der Waals surface area contributed by atoms with Crippen LogP contribution in [0.15, 0.2) is 62.5 Å². The summed E-state index contributed by atoms with van der Waals surface area (Å²) in [7, 11) is 0. The first-order chi connectivity index (χ1) is 13.3.